The molecule has 0 aromatic carbocycles. The van der Waals surface area contributed by atoms with Crippen molar-refractivity contribution in [1.82, 2.24) is 4.90 Å². The van der Waals surface area contributed by atoms with Gasteiger partial charge in [0.1, 0.15) is 0 Å². The molecule has 2 unspecified atom stereocenters. The molecule has 1 fully saturated rings. The Kier molecular flexibility index (Phi) is 3.03. The Morgan fingerprint density at radius 3 is 2.58 bits per heavy atom. The van der Waals surface area contributed by atoms with E-state index >= 15 is 0 Å². The van der Waals surface area contributed by atoms with E-state index in [1.54, 1.807) is 7.05 Å². The molecule has 12 heavy (non-hydrogen) atoms. The lowest BCUT2D eigenvalue weighted by Gasteiger charge is -2.32. The van der Waals surface area contributed by atoms with Gasteiger partial charge in [-0.05, 0) is 19.0 Å². The van der Waals surface area contributed by atoms with Crippen molar-refractivity contribution in [2.24, 2.45) is 0 Å². The molecule has 72 valence electrons. The van der Waals surface area contributed by atoms with Crippen molar-refractivity contribution < 1.29 is 13.5 Å². The average Bonchev–Trinajstić information content (AvgIpc) is 2.28. The molecule has 4 nitrogen and oxygen atoms in total. The summed E-state index contributed by atoms with van der Waals surface area (Å²) in [6.07, 6.45) is 0.576. The van der Waals surface area contributed by atoms with Gasteiger partial charge in [0.2, 0.25) is 0 Å². The molecular formula is C6H12NO3S2-. The summed E-state index contributed by atoms with van der Waals surface area (Å²) in [5.74, 6) is 0.335. The molecule has 1 saturated heterocycles. The Balaban J connectivity index is 2.58. The van der Waals surface area contributed by atoms with E-state index in [1.165, 1.54) is 4.90 Å². The van der Waals surface area contributed by atoms with E-state index in [0.29, 0.717) is 6.42 Å². The van der Waals surface area contributed by atoms with E-state index in [0.717, 1.165) is 0 Å². The molecule has 1 heterocycles. The second kappa shape index (κ2) is 3.53. The van der Waals surface area contributed by atoms with Gasteiger partial charge in [-0.2, -0.15) is 0 Å². The van der Waals surface area contributed by atoms with Gasteiger partial charge in [0.25, 0.3) is 0 Å². The van der Waals surface area contributed by atoms with Crippen LogP contribution in [0.3, 0.4) is 0 Å². The number of hydrogen-bond acceptors (Lipinski definition) is 5. The lowest BCUT2D eigenvalue weighted by atomic mass is 10.2. The summed E-state index contributed by atoms with van der Waals surface area (Å²) < 4.78 is 22.1. The van der Waals surface area contributed by atoms with Crippen LogP contribution in [0, 0.1) is 0 Å². The first-order valence-corrected chi connectivity index (χ1v) is 5.98. The molecule has 0 saturated carbocycles. The topological polar surface area (TPSA) is 57.6 Å². The van der Waals surface area contributed by atoms with Crippen LogP contribution in [-0.4, -0.2) is 48.6 Å². The molecule has 1 rings (SSSR count). The first-order chi connectivity index (χ1) is 5.42. The minimum atomic E-state index is -2.87. The minimum absolute atomic E-state index is 0.109. The second-order valence-electron chi connectivity index (χ2n) is 3.05. The molecule has 1 N–H and O–H groups in total. The van der Waals surface area contributed by atoms with Gasteiger partial charge >= 0.3 is 0 Å². The van der Waals surface area contributed by atoms with E-state index in [4.69, 9.17) is 5.11 Å². The molecule has 0 aromatic heterocycles. The smallest absolute Gasteiger partial charge is 0.151 e. The summed E-state index contributed by atoms with van der Waals surface area (Å²) in [5, 5.41) is 9.00. The van der Waals surface area contributed by atoms with Crippen molar-refractivity contribution in [3.8, 4) is 0 Å². The van der Waals surface area contributed by atoms with Crippen LogP contribution in [0.4, 0.5) is 0 Å². The van der Waals surface area contributed by atoms with Gasteiger partial charge in [-0.15, -0.1) is 0 Å². The fraction of sp³-hybridized carbons (Fsp3) is 1.00. The summed E-state index contributed by atoms with van der Waals surface area (Å²) in [4.78, 5) is 1.51. The normalized spacial score (nSPS) is 30.8. The standard InChI is InChI=1S/C6H13NO3S2/c1-7(6(8)11)5-2-3-12(9,10)4-5/h5-6,8,11H,2-4H2,1H3/p-1. The van der Waals surface area contributed by atoms with Crippen LogP contribution in [-0.2, 0) is 22.5 Å². The number of sulfone groups is 1. The highest BCUT2D eigenvalue weighted by Crippen LogP contribution is 2.17. The van der Waals surface area contributed by atoms with E-state index in [1.807, 2.05) is 0 Å². The second-order valence-corrected chi connectivity index (χ2v) is 5.70. The predicted octanol–water partition coefficient (Wildman–Crippen LogP) is -1.07. The molecule has 0 radical (unpaired) electrons. The van der Waals surface area contributed by atoms with Crippen LogP contribution in [0.25, 0.3) is 0 Å². The third kappa shape index (κ3) is 2.35. The van der Waals surface area contributed by atoms with E-state index in [9.17, 15) is 8.42 Å². The molecular weight excluding hydrogens is 198 g/mol. The zero-order chi connectivity index (χ0) is 9.35. The molecule has 2 atom stereocenters. The van der Waals surface area contributed by atoms with Crippen molar-refractivity contribution in [3.05, 3.63) is 0 Å². The molecule has 0 spiro atoms. The summed E-state index contributed by atoms with van der Waals surface area (Å²) in [6, 6.07) is -0.109. The average molecular weight is 210 g/mol. The number of aliphatic hydroxyl groups is 1. The number of aliphatic hydroxyl groups excluding tert-OH is 1. The molecule has 0 aromatic rings. The molecule has 1 aliphatic heterocycles. The van der Waals surface area contributed by atoms with Crippen molar-refractivity contribution in [3.63, 3.8) is 0 Å². The number of nitrogens with zero attached hydrogens (tertiary/aromatic N) is 1. The summed E-state index contributed by atoms with van der Waals surface area (Å²) >= 11 is 4.60. The molecule has 0 amide bonds. The lowest BCUT2D eigenvalue weighted by molar-refractivity contribution is 0.0722. The fourth-order valence-corrected chi connectivity index (χ4v) is 3.23. The summed E-state index contributed by atoms with van der Waals surface area (Å²) in [7, 11) is -1.23. The van der Waals surface area contributed by atoms with Gasteiger partial charge < -0.3 is 17.7 Å². The lowest BCUT2D eigenvalue weighted by Crippen LogP contribution is -2.39. The zero-order valence-electron chi connectivity index (χ0n) is 6.80. The highest BCUT2D eigenvalue weighted by atomic mass is 32.2. The first-order valence-electron chi connectivity index (χ1n) is 3.68. The Morgan fingerprint density at radius 1 is 1.67 bits per heavy atom. The van der Waals surface area contributed by atoms with Crippen molar-refractivity contribution in [2.75, 3.05) is 18.6 Å². The Labute approximate surface area is 77.9 Å². The van der Waals surface area contributed by atoms with E-state index in [2.05, 4.69) is 12.6 Å². The SMILES string of the molecule is CN(C(O)[S-])C1CCS(=O)(=O)C1. The minimum Gasteiger partial charge on any atom is -0.745 e. The third-order valence-electron chi connectivity index (χ3n) is 2.13. The van der Waals surface area contributed by atoms with Crippen molar-refractivity contribution in [1.29, 1.82) is 0 Å². The first kappa shape index (κ1) is 10.3. The van der Waals surface area contributed by atoms with Crippen LogP contribution < -0.4 is 0 Å². The van der Waals surface area contributed by atoms with E-state index < -0.39 is 15.4 Å². The number of hydrogen-bond donors (Lipinski definition) is 1. The number of rotatable bonds is 2. The van der Waals surface area contributed by atoms with Gasteiger partial charge in [-0.1, -0.05) is 0 Å². The van der Waals surface area contributed by atoms with Gasteiger partial charge in [-0.25, -0.2) is 8.42 Å². The Morgan fingerprint density at radius 2 is 2.25 bits per heavy atom. The highest BCUT2D eigenvalue weighted by Gasteiger charge is 2.30. The van der Waals surface area contributed by atoms with Crippen LogP contribution in [0.1, 0.15) is 6.42 Å². The van der Waals surface area contributed by atoms with Crippen LogP contribution in [0.5, 0.6) is 0 Å². The maximum Gasteiger partial charge on any atom is 0.151 e. The molecule has 6 heteroatoms. The van der Waals surface area contributed by atoms with Crippen molar-refractivity contribution >= 4 is 22.5 Å². The van der Waals surface area contributed by atoms with Gasteiger partial charge in [0.15, 0.2) is 9.84 Å². The van der Waals surface area contributed by atoms with Crippen LogP contribution >= 0.6 is 0 Å². The maximum absolute atomic E-state index is 11.0. The van der Waals surface area contributed by atoms with Gasteiger partial charge in [-0.3, -0.25) is 4.90 Å². The summed E-state index contributed by atoms with van der Waals surface area (Å²) in [5.41, 5.74) is -0.983. The van der Waals surface area contributed by atoms with Crippen LogP contribution in [0.15, 0.2) is 0 Å². The van der Waals surface area contributed by atoms with Gasteiger partial charge in [0, 0.05) is 6.04 Å². The Hall–Kier alpha value is 0.220. The molecule has 0 aliphatic carbocycles. The zero-order valence-corrected chi connectivity index (χ0v) is 8.44. The molecule has 0 bridgehead atoms. The highest BCUT2D eigenvalue weighted by molar-refractivity contribution is 7.91. The van der Waals surface area contributed by atoms with Crippen molar-refractivity contribution in [2.45, 2.75) is 18.0 Å². The Bertz CT molecular complexity index is 250. The third-order valence-corrected chi connectivity index (χ3v) is 4.22. The largest absolute Gasteiger partial charge is 0.745 e. The fourth-order valence-electron chi connectivity index (χ4n) is 1.28. The summed E-state index contributed by atoms with van der Waals surface area (Å²) in [6.45, 7) is 0. The maximum atomic E-state index is 11.0. The monoisotopic (exact) mass is 210 g/mol. The molecule has 1 aliphatic rings. The van der Waals surface area contributed by atoms with Gasteiger partial charge in [0.05, 0.1) is 11.5 Å². The quantitative estimate of drug-likeness (QED) is 0.464. The van der Waals surface area contributed by atoms with Crippen LogP contribution in [0.2, 0.25) is 0 Å². The van der Waals surface area contributed by atoms with E-state index in [-0.39, 0.29) is 17.5 Å². The predicted molar refractivity (Wildman–Crippen MR) is 48.2 cm³/mol.